The predicted molar refractivity (Wildman–Crippen MR) is 62.5 cm³/mol. The summed E-state index contributed by atoms with van der Waals surface area (Å²) >= 11 is 0. The van der Waals surface area contributed by atoms with E-state index in [-0.39, 0.29) is 11.7 Å². The number of methoxy groups -OCH3 is 1. The normalized spacial score (nSPS) is 11.9. The molecule has 0 aliphatic heterocycles. The molecule has 0 saturated heterocycles. The first-order valence-corrected chi connectivity index (χ1v) is 7.21. The van der Waals surface area contributed by atoms with E-state index in [4.69, 9.17) is 15.4 Å². The van der Waals surface area contributed by atoms with Crippen LogP contribution in [0.25, 0.3) is 11.4 Å². The molecule has 8 nitrogen and oxygen atoms in total. The number of aromatic amines is 1. The number of rotatable bonds is 5. The summed E-state index contributed by atoms with van der Waals surface area (Å²) < 4.78 is 29.0. The summed E-state index contributed by atoms with van der Waals surface area (Å²) in [5.74, 6) is 0.361. The van der Waals surface area contributed by atoms with Gasteiger partial charge in [-0.1, -0.05) is 0 Å². The lowest BCUT2D eigenvalue weighted by Gasteiger charge is -2.06. The van der Waals surface area contributed by atoms with Gasteiger partial charge in [-0.05, 0) is 0 Å². The van der Waals surface area contributed by atoms with E-state index < -0.39 is 9.05 Å². The van der Waals surface area contributed by atoms with Crippen molar-refractivity contribution >= 4 is 19.7 Å². The number of aromatic nitrogens is 5. The van der Waals surface area contributed by atoms with Crippen LogP contribution in [0.3, 0.4) is 0 Å². The van der Waals surface area contributed by atoms with Crippen molar-refractivity contribution in [3.63, 3.8) is 0 Å². The fraction of sp³-hybridized carbons (Fsp3) is 0.375. The molecule has 2 heterocycles. The Labute approximate surface area is 107 Å². The lowest BCUT2D eigenvalue weighted by Crippen LogP contribution is -2.11. The topological polar surface area (TPSA) is 103 Å². The molecule has 18 heavy (non-hydrogen) atoms. The van der Waals surface area contributed by atoms with Crippen LogP contribution >= 0.6 is 10.7 Å². The van der Waals surface area contributed by atoms with E-state index in [0.717, 1.165) is 0 Å². The van der Waals surface area contributed by atoms with Crippen LogP contribution in [-0.2, 0) is 20.3 Å². The molecule has 0 saturated carbocycles. The van der Waals surface area contributed by atoms with Gasteiger partial charge in [0.2, 0.25) is 0 Å². The number of hydrogen-bond acceptors (Lipinski definition) is 6. The van der Waals surface area contributed by atoms with Crippen molar-refractivity contribution in [1.82, 2.24) is 25.0 Å². The van der Waals surface area contributed by atoms with Crippen molar-refractivity contribution in [3.05, 3.63) is 12.4 Å². The quantitative estimate of drug-likeness (QED) is 0.792. The summed E-state index contributed by atoms with van der Waals surface area (Å²) in [6.07, 6.45) is 3.09. The van der Waals surface area contributed by atoms with Gasteiger partial charge in [-0.25, -0.2) is 8.42 Å². The zero-order valence-corrected chi connectivity index (χ0v) is 10.9. The zero-order chi connectivity index (χ0) is 13.2. The highest BCUT2D eigenvalue weighted by Crippen LogP contribution is 2.21. The van der Waals surface area contributed by atoms with E-state index in [9.17, 15) is 8.42 Å². The van der Waals surface area contributed by atoms with E-state index in [0.29, 0.717) is 18.0 Å². The van der Waals surface area contributed by atoms with Crippen LogP contribution < -0.4 is 0 Å². The number of ether oxygens (including phenoxy) is 1. The number of H-pyrrole nitrogens is 1. The standard InChI is InChI=1S/C8H10ClN5O3S/c1-17-3-2-14-7(6-4-10-11-5-6)12-13-8(14)18(9,15)16/h4-5H,2-3H2,1H3,(H,10,11). The van der Waals surface area contributed by atoms with E-state index in [1.54, 1.807) is 6.20 Å². The first kappa shape index (κ1) is 13.0. The molecule has 0 radical (unpaired) electrons. The Hall–Kier alpha value is -1.45. The van der Waals surface area contributed by atoms with Crippen LogP contribution in [0, 0.1) is 0 Å². The fourth-order valence-electron chi connectivity index (χ4n) is 1.44. The van der Waals surface area contributed by atoms with Crippen LogP contribution in [-0.4, -0.2) is 47.1 Å². The molecular formula is C8H10ClN5O3S. The summed E-state index contributed by atoms with van der Waals surface area (Å²) in [6, 6.07) is 0. The van der Waals surface area contributed by atoms with Gasteiger partial charge < -0.3 is 4.74 Å². The molecule has 2 aromatic heterocycles. The predicted octanol–water partition coefficient (Wildman–Crippen LogP) is 0.242. The van der Waals surface area contributed by atoms with Gasteiger partial charge in [0.05, 0.1) is 24.9 Å². The molecule has 0 aromatic carbocycles. The average molecular weight is 292 g/mol. The van der Waals surface area contributed by atoms with Gasteiger partial charge in [0.25, 0.3) is 14.2 Å². The third kappa shape index (κ3) is 2.52. The molecule has 2 rings (SSSR count). The van der Waals surface area contributed by atoms with Gasteiger partial charge in [-0.2, -0.15) is 5.10 Å². The first-order chi connectivity index (χ1) is 8.54. The van der Waals surface area contributed by atoms with Crippen molar-refractivity contribution in [2.45, 2.75) is 11.7 Å². The molecule has 98 valence electrons. The molecule has 10 heteroatoms. The summed E-state index contributed by atoms with van der Waals surface area (Å²) in [4.78, 5) is 0. The van der Waals surface area contributed by atoms with Crippen molar-refractivity contribution in [2.75, 3.05) is 13.7 Å². The van der Waals surface area contributed by atoms with E-state index in [1.165, 1.54) is 17.9 Å². The van der Waals surface area contributed by atoms with Gasteiger partial charge in [-0.15, -0.1) is 10.2 Å². The number of nitrogens with zero attached hydrogens (tertiary/aromatic N) is 4. The molecule has 0 fully saturated rings. The van der Waals surface area contributed by atoms with Gasteiger partial charge in [0.1, 0.15) is 0 Å². The maximum Gasteiger partial charge on any atom is 0.296 e. The number of nitrogens with one attached hydrogen (secondary N) is 1. The van der Waals surface area contributed by atoms with Crippen molar-refractivity contribution in [3.8, 4) is 11.4 Å². The highest BCUT2D eigenvalue weighted by atomic mass is 35.7. The molecule has 0 bridgehead atoms. The SMILES string of the molecule is COCCn1c(-c2cn[nH]c2)nnc1S(=O)(=O)Cl. The number of hydrogen-bond donors (Lipinski definition) is 1. The summed E-state index contributed by atoms with van der Waals surface area (Å²) in [7, 11) is 2.85. The van der Waals surface area contributed by atoms with Crippen LogP contribution in [0.1, 0.15) is 0 Å². The molecule has 0 unspecified atom stereocenters. The van der Waals surface area contributed by atoms with Crippen LogP contribution in [0.2, 0.25) is 0 Å². The zero-order valence-electron chi connectivity index (χ0n) is 9.37. The molecule has 0 aliphatic carbocycles. The highest BCUT2D eigenvalue weighted by molar-refractivity contribution is 8.13. The van der Waals surface area contributed by atoms with Crippen LogP contribution in [0.15, 0.2) is 17.6 Å². The van der Waals surface area contributed by atoms with Gasteiger partial charge in [-0.3, -0.25) is 9.67 Å². The van der Waals surface area contributed by atoms with Crippen LogP contribution in [0.5, 0.6) is 0 Å². The smallest absolute Gasteiger partial charge is 0.296 e. The third-order valence-electron chi connectivity index (χ3n) is 2.21. The largest absolute Gasteiger partial charge is 0.383 e. The van der Waals surface area contributed by atoms with Crippen molar-refractivity contribution < 1.29 is 13.2 Å². The Morgan fingerprint density at radius 3 is 2.83 bits per heavy atom. The number of halogens is 1. The summed E-state index contributed by atoms with van der Waals surface area (Å²) in [6.45, 7) is 0.577. The van der Waals surface area contributed by atoms with E-state index in [2.05, 4.69) is 20.4 Å². The third-order valence-corrected chi connectivity index (χ3v) is 3.36. The minimum Gasteiger partial charge on any atom is -0.383 e. The van der Waals surface area contributed by atoms with Crippen molar-refractivity contribution in [2.24, 2.45) is 0 Å². The minimum absolute atomic E-state index is 0.269. The monoisotopic (exact) mass is 291 g/mol. The fourth-order valence-corrected chi connectivity index (χ4v) is 2.36. The molecule has 0 amide bonds. The Bertz CT molecular complexity index is 621. The van der Waals surface area contributed by atoms with E-state index in [1.807, 2.05) is 0 Å². The second-order valence-electron chi connectivity index (χ2n) is 3.38. The van der Waals surface area contributed by atoms with Crippen LogP contribution in [0.4, 0.5) is 0 Å². The molecule has 0 aliphatic rings. The maximum atomic E-state index is 11.4. The summed E-state index contributed by atoms with van der Waals surface area (Å²) in [5, 5.41) is 13.5. The van der Waals surface area contributed by atoms with Crippen molar-refractivity contribution in [1.29, 1.82) is 0 Å². The Morgan fingerprint density at radius 2 is 2.28 bits per heavy atom. The van der Waals surface area contributed by atoms with Gasteiger partial charge in [0.15, 0.2) is 5.82 Å². The molecule has 1 N–H and O–H groups in total. The highest BCUT2D eigenvalue weighted by Gasteiger charge is 2.23. The first-order valence-electron chi connectivity index (χ1n) is 4.90. The van der Waals surface area contributed by atoms with Gasteiger partial charge in [0, 0.05) is 24.0 Å². The maximum absolute atomic E-state index is 11.4. The molecular weight excluding hydrogens is 282 g/mol. The lowest BCUT2D eigenvalue weighted by molar-refractivity contribution is 0.185. The molecule has 0 atom stereocenters. The molecule has 0 spiro atoms. The molecule has 2 aromatic rings. The lowest BCUT2D eigenvalue weighted by atomic mass is 10.3. The van der Waals surface area contributed by atoms with E-state index >= 15 is 0 Å². The Kier molecular flexibility index (Phi) is 3.64. The average Bonchev–Trinajstić information content (AvgIpc) is 2.93. The van der Waals surface area contributed by atoms with Gasteiger partial charge >= 0.3 is 0 Å². The second-order valence-corrected chi connectivity index (χ2v) is 5.84. The minimum atomic E-state index is -3.96. The second kappa shape index (κ2) is 5.04. The Balaban J connectivity index is 2.51. The summed E-state index contributed by atoms with van der Waals surface area (Å²) in [5.41, 5.74) is 0.616. The Morgan fingerprint density at radius 1 is 1.50 bits per heavy atom.